The molecule has 0 unspecified atom stereocenters. The lowest BCUT2D eigenvalue weighted by Crippen LogP contribution is -2.20. The summed E-state index contributed by atoms with van der Waals surface area (Å²) in [6.07, 6.45) is 2.84. The maximum absolute atomic E-state index is 13.1. The number of rotatable bonds is 6. The number of hydrogen-bond acceptors (Lipinski definition) is 2. The van der Waals surface area contributed by atoms with Gasteiger partial charge >= 0.3 is 0 Å². The standard InChI is InChI=1S/C14H22FNO/c1-4-5-6-9-16(3)14-8-7-12(15)10-13(14)11(2)17/h7-8,10-11,17H,4-6,9H2,1-3H3/t11-/m1/s1. The smallest absolute Gasteiger partial charge is 0.123 e. The lowest BCUT2D eigenvalue weighted by Gasteiger charge is -2.23. The summed E-state index contributed by atoms with van der Waals surface area (Å²) in [6.45, 7) is 4.76. The van der Waals surface area contributed by atoms with Gasteiger partial charge < -0.3 is 10.0 Å². The van der Waals surface area contributed by atoms with Crippen LogP contribution in [0.15, 0.2) is 18.2 Å². The molecule has 96 valence electrons. The zero-order valence-electron chi connectivity index (χ0n) is 10.9. The summed E-state index contributed by atoms with van der Waals surface area (Å²) < 4.78 is 13.1. The van der Waals surface area contributed by atoms with Crippen molar-refractivity contribution in [3.05, 3.63) is 29.6 Å². The van der Waals surface area contributed by atoms with Crippen LogP contribution in [-0.2, 0) is 0 Å². The Hall–Kier alpha value is -1.09. The molecule has 1 aromatic carbocycles. The fraction of sp³-hybridized carbons (Fsp3) is 0.571. The van der Waals surface area contributed by atoms with Crippen molar-refractivity contribution in [2.45, 2.75) is 39.2 Å². The number of aliphatic hydroxyl groups is 1. The Labute approximate surface area is 103 Å². The first kappa shape index (κ1) is 14.0. The first-order valence-electron chi connectivity index (χ1n) is 6.25. The highest BCUT2D eigenvalue weighted by Crippen LogP contribution is 2.26. The van der Waals surface area contributed by atoms with Crippen LogP contribution < -0.4 is 4.90 Å². The van der Waals surface area contributed by atoms with Gasteiger partial charge in [0.25, 0.3) is 0 Å². The van der Waals surface area contributed by atoms with Gasteiger partial charge in [0.05, 0.1) is 6.10 Å². The maximum Gasteiger partial charge on any atom is 0.123 e. The Morgan fingerprint density at radius 3 is 2.65 bits per heavy atom. The highest BCUT2D eigenvalue weighted by Gasteiger charge is 2.12. The van der Waals surface area contributed by atoms with Crippen LogP contribution in [0.4, 0.5) is 10.1 Å². The zero-order chi connectivity index (χ0) is 12.8. The number of benzene rings is 1. The van der Waals surface area contributed by atoms with Crippen LogP contribution in [0.5, 0.6) is 0 Å². The number of hydrogen-bond donors (Lipinski definition) is 1. The first-order chi connectivity index (χ1) is 8.06. The number of halogens is 1. The van der Waals surface area contributed by atoms with Gasteiger partial charge in [-0.2, -0.15) is 0 Å². The molecule has 17 heavy (non-hydrogen) atoms. The Bertz CT molecular complexity index is 352. The van der Waals surface area contributed by atoms with E-state index in [2.05, 4.69) is 11.8 Å². The molecule has 1 rings (SSSR count). The monoisotopic (exact) mass is 239 g/mol. The third kappa shape index (κ3) is 4.00. The summed E-state index contributed by atoms with van der Waals surface area (Å²) in [4.78, 5) is 2.08. The summed E-state index contributed by atoms with van der Waals surface area (Å²) >= 11 is 0. The van der Waals surface area contributed by atoms with E-state index in [1.165, 1.54) is 25.0 Å². The molecule has 0 saturated heterocycles. The van der Waals surface area contributed by atoms with Gasteiger partial charge in [-0.15, -0.1) is 0 Å². The van der Waals surface area contributed by atoms with Gasteiger partial charge in [0.1, 0.15) is 5.82 Å². The molecule has 2 nitrogen and oxygen atoms in total. The van der Waals surface area contributed by atoms with Crippen LogP contribution in [0.3, 0.4) is 0 Å². The van der Waals surface area contributed by atoms with E-state index >= 15 is 0 Å². The van der Waals surface area contributed by atoms with E-state index in [1.807, 2.05) is 7.05 Å². The molecule has 0 radical (unpaired) electrons. The minimum absolute atomic E-state index is 0.299. The third-order valence-corrected chi connectivity index (χ3v) is 2.95. The lowest BCUT2D eigenvalue weighted by atomic mass is 10.1. The van der Waals surface area contributed by atoms with Gasteiger partial charge in [0, 0.05) is 24.8 Å². The molecule has 0 amide bonds. The van der Waals surface area contributed by atoms with E-state index in [0.29, 0.717) is 5.56 Å². The quantitative estimate of drug-likeness (QED) is 0.768. The average Bonchev–Trinajstić information content (AvgIpc) is 2.29. The average molecular weight is 239 g/mol. The minimum atomic E-state index is -0.644. The van der Waals surface area contributed by atoms with Crippen LogP contribution in [0.25, 0.3) is 0 Å². The summed E-state index contributed by atoms with van der Waals surface area (Å²) in [7, 11) is 1.98. The van der Waals surface area contributed by atoms with Crippen LogP contribution in [0.1, 0.15) is 44.8 Å². The molecular formula is C14H22FNO. The molecule has 0 aromatic heterocycles. The van der Waals surface area contributed by atoms with E-state index in [0.717, 1.165) is 18.7 Å². The van der Waals surface area contributed by atoms with Crippen molar-refractivity contribution in [3.8, 4) is 0 Å². The van der Waals surface area contributed by atoms with Crippen molar-refractivity contribution in [1.82, 2.24) is 0 Å². The number of unbranched alkanes of at least 4 members (excludes halogenated alkanes) is 2. The van der Waals surface area contributed by atoms with Crippen LogP contribution in [0.2, 0.25) is 0 Å². The first-order valence-corrected chi connectivity index (χ1v) is 6.25. The van der Waals surface area contributed by atoms with Crippen molar-refractivity contribution in [2.75, 3.05) is 18.5 Å². The fourth-order valence-corrected chi connectivity index (χ4v) is 1.93. The molecule has 1 atom stereocenters. The molecule has 0 spiro atoms. The Balaban J connectivity index is 2.81. The Morgan fingerprint density at radius 1 is 1.35 bits per heavy atom. The van der Waals surface area contributed by atoms with E-state index in [1.54, 1.807) is 13.0 Å². The Morgan fingerprint density at radius 2 is 2.06 bits per heavy atom. The third-order valence-electron chi connectivity index (χ3n) is 2.95. The predicted molar refractivity (Wildman–Crippen MR) is 69.8 cm³/mol. The van der Waals surface area contributed by atoms with Crippen LogP contribution in [-0.4, -0.2) is 18.7 Å². The normalized spacial score (nSPS) is 12.5. The summed E-state index contributed by atoms with van der Waals surface area (Å²) in [5.41, 5.74) is 1.57. The summed E-state index contributed by atoms with van der Waals surface area (Å²) in [5.74, 6) is -0.299. The van der Waals surface area contributed by atoms with E-state index in [-0.39, 0.29) is 5.82 Å². The molecule has 0 bridgehead atoms. The molecule has 1 aromatic rings. The molecule has 0 aliphatic carbocycles. The van der Waals surface area contributed by atoms with E-state index in [9.17, 15) is 9.50 Å². The topological polar surface area (TPSA) is 23.5 Å². The number of nitrogens with zero attached hydrogens (tertiary/aromatic N) is 1. The lowest BCUT2D eigenvalue weighted by molar-refractivity contribution is 0.199. The molecule has 0 heterocycles. The summed E-state index contributed by atoms with van der Waals surface area (Å²) in [6, 6.07) is 4.59. The second-order valence-electron chi connectivity index (χ2n) is 4.51. The second-order valence-corrected chi connectivity index (χ2v) is 4.51. The van der Waals surface area contributed by atoms with Crippen molar-refractivity contribution in [1.29, 1.82) is 0 Å². The van der Waals surface area contributed by atoms with Crippen LogP contribution >= 0.6 is 0 Å². The largest absolute Gasteiger partial charge is 0.389 e. The Kier molecular flexibility index (Phi) is 5.42. The molecule has 0 fully saturated rings. The van der Waals surface area contributed by atoms with Crippen molar-refractivity contribution < 1.29 is 9.50 Å². The van der Waals surface area contributed by atoms with Gasteiger partial charge in [-0.1, -0.05) is 19.8 Å². The van der Waals surface area contributed by atoms with Crippen molar-refractivity contribution in [2.24, 2.45) is 0 Å². The van der Waals surface area contributed by atoms with Crippen molar-refractivity contribution in [3.63, 3.8) is 0 Å². The highest BCUT2D eigenvalue weighted by atomic mass is 19.1. The molecular weight excluding hydrogens is 217 g/mol. The minimum Gasteiger partial charge on any atom is -0.389 e. The van der Waals surface area contributed by atoms with E-state index in [4.69, 9.17) is 0 Å². The van der Waals surface area contributed by atoms with Crippen LogP contribution in [0, 0.1) is 5.82 Å². The molecule has 0 aliphatic heterocycles. The highest BCUT2D eigenvalue weighted by molar-refractivity contribution is 5.54. The van der Waals surface area contributed by atoms with Gasteiger partial charge in [-0.25, -0.2) is 4.39 Å². The van der Waals surface area contributed by atoms with E-state index < -0.39 is 6.10 Å². The van der Waals surface area contributed by atoms with Gasteiger partial charge in [-0.3, -0.25) is 0 Å². The zero-order valence-corrected chi connectivity index (χ0v) is 10.9. The second kappa shape index (κ2) is 6.60. The molecule has 1 N–H and O–H groups in total. The van der Waals surface area contributed by atoms with Gasteiger partial charge in [0.15, 0.2) is 0 Å². The number of aliphatic hydroxyl groups excluding tert-OH is 1. The molecule has 0 aliphatic rings. The van der Waals surface area contributed by atoms with Gasteiger partial charge in [0.2, 0.25) is 0 Å². The maximum atomic E-state index is 13.1. The van der Waals surface area contributed by atoms with Gasteiger partial charge in [-0.05, 0) is 31.5 Å². The number of anilines is 1. The molecule has 3 heteroatoms. The van der Waals surface area contributed by atoms with Crippen molar-refractivity contribution >= 4 is 5.69 Å². The molecule has 0 saturated carbocycles. The summed E-state index contributed by atoms with van der Waals surface area (Å²) in [5, 5.41) is 9.66. The fourth-order valence-electron chi connectivity index (χ4n) is 1.93. The SMILES string of the molecule is CCCCCN(C)c1ccc(F)cc1[C@@H](C)O. The predicted octanol–water partition coefficient (Wildman–Crippen LogP) is 3.51.